The number of urea groups is 1. The fraction of sp³-hybridized carbons (Fsp3) is 0.500. The lowest BCUT2D eigenvalue weighted by atomic mass is 10.1. The molecule has 8 nitrogen and oxygen atoms in total. The molecule has 0 unspecified atom stereocenters. The molecule has 1 aromatic carbocycles. The number of carbonyl (C=O) groups is 2. The molecule has 0 saturated heterocycles. The molecule has 1 aliphatic rings. The van der Waals surface area contributed by atoms with Gasteiger partial charge in [-0.15, -0.1) is 0 Å². The van der Waals surface area contributed by atoms with Crippen LogP contribution in [-0.2, 0) is 17.9 Å². The van der Waals surface area contributed by atoms with E-state index in [0.29, 0.717) is 30.3 Å². The molecule has 3 rings (SSSR count). The molecule has 8 heteroatoms. The Morgan fingerprint density at radius 3 is 2.41 bits per heavy atom. The van der Waals surface area contributed by atoms with Crippen LogP contribution in [0, 0.1) is 6.92 Å². The molecular weight excluding hydrogens is 410 g/mol. The first-order chi connectivity index (χ1) is 15.0. The summed E-state index contributed by atoms with van der Waals surface area (Å²) in [4.78, 5) is 29.4. The number of aryl methyl sites for hydroxylation is 1. The number of hydrogen-bond donors (Lipinski definition) is 1. The minimum atomic E-state index is -0.398. The lowest BCUT2D eigenvalue weighted by molar-refractivity contribution is -0.133. The highest BCUT2D eigenvalue weighted by Gasteiger charge is 2.27. The van der Waals surface area contributed by atoms with Crippen LogP contribution in [0.2, 0.25) is 0 Å². The average molecular weight is 444 g/mol. The van der Waals surface area contributed by atoms with E-state index >= 15 is 0 Å². The first-order valence-electron chi connectivity index (χ1n) is 10.8. The Labute approximate surface area is 189 Å². The van der Waals surface area contributed by atoms with Crippen molar-refractivity contribution in [2.75, 3.05) is 13.3 Å². The molecule has 0 spiro atoms. The van der Waals surface area contributed by atoms with Gasteiger partial charge in [0.2, 0.25) is 12.7 Å². The summed E-state index contributed by atoms with van der Waals surface area (Å²) in [5.74, 6) is 2.65. The molecule has 2 aromatic rings. The van der Waals surface area contributed by atoms with Crippen LogP contribution >= 0.6 is 0 Å². The summed E-state index contributed by atoms with van der Waals surface area (Å²) in [7, 11) is 0. The number of nitrogens with one attached hydrogen (secondary N) is 1. The number of carbonyl (C=O) groups excluding carboxylic acids is 2. The molecule has 1 aliphatic heterocycles. The highest BCUT2D eigenvalue weighted by Crippen LogP contribution is 2.33. The van der Waals surface area contributed by atoms with Crippen molar-refractivity contribution in [2.45, 2.75) is 66.2 Å². The monoisotopic (exact) mass is 443 g/mol. The van der Waals surface area contributed by atoms with E-state index in [1.807, 2.05) is 71.9 Å². The number of amides is 3. The van der Waals surface area contributed by atoms with Gasteiger partial charge in [-0.25, -0.2) is 4.79 Å². The number of hydrogen-bond acceptors (Lipinski definition) is 5. The third-order valence-electron chi connectivity index (χ3n) is 4.98. The average Bonchev–Trinajstić information content (AvgIpc) is 3.31. The predicted molar refractivity (Wildman–Crippen MR) is 120 cm³/mol. The van der Waals surface area contributed by atoms with E-state index in [1.165, 1.54) is 0 Å². The zero-order valence-electron chi connectivity index (χ0n) is 19.7. The van der Waals surface area contributed by atoms with Gasteiger partial charge in [-0.3, -0.25) is 4.79 Å². The predicted octanol–water partition coefficient (Wildman–Crippen LogP) is 4.06. The van der Waals surface area contributed by atoms with Gasteiger partial charge in [0.05, 0.1) is 6.54 Å². The van der Waals surface area contributed by atoms with E-state index in [-0.39, 0.29) is 31.3 Å². The number of rotatable bonds is 7. The second-order valence-electron chi connectivity index (χ2n) is 9.35. The maximum atomic E-state index is 13.4. The Balaban J connectivity index is 1.79. The number of benzene rings is 1. The maximum Gasteiger partial charge on any atom is 0.318 e. The summed E-state index contributed by atoms with van der Waals surface area (Å²) < 4.78 is 16.6. The fourth-order valence-corrected chi connectivity index (χ4v) is 3.38. The van der Waals surface area contributed by atoms with E-state index < -0.39 is 5.54 Å². The van der Waals surface area contributed by atoms with Crippen molar-refractivity contribution in [3.05, 3.63) is 47.4 Å². The van der Waals surface area contributed by atoms with Crippen LogP contribution in [0.4, 0.5) is 4.79 Å². The van der Waals surface area contributed by atoms with Crippen molar-refractivity contribution in [1.82, 2.24) is 15.1 Å². The van der Waals surface area contributed by atoms with Crippen molar-refractivity contribution in [3.63, 3.8) is 0 Å². The van der Waals surface area contributed by atoms with Gasteiger partial charge in [-0.1, -0.05) is 6.07 Å². The lowest BCUT2D eigenvalue weighted by Crippen LogP contribution is -2.53. The van der Waals surface area contributed by atoms with E-state index in [2.05, 4.69) is 5.32 Å². The van der Waals surface area contributed by atoms with Gasteiger partial charge in [-0.2, -0.15) is 0 Å². The Kier molecular flexibility index (Phi) is 7.01. The van der Waals surface area contributed by atoms with Crippen molar-refractivity contribution < 1.29 is 23.5 Å². The molecule has 0 aliphatic carbocycles. The number of fused-ring (bicyclic) bond motifs is 1. The van der Waals surface area contributed by atoms with Crippen molar-refractivity contribution >= 4 is 11.9 Å². The van der Waals surface area contributed by atoms with Crippen LogP contribution in [-0.4, -0.2) is 46.7 Å². The minimum absolute atomic E-state index is 0.0379. The molecule has 0 fully saturated rings. The van der Waals surface area contributed by atoms with Crippen LogP contribution < -0.4 is 14.8 Å². The van der Waals surface area contributed by atoms with Crippen LogP contribution in [0.1, 0.15) is 51.7 Å². The van der Waals surface area contributed by atoms with Crippen molar-refractivity contribution in [1.29, 1.82) is 0 Å². The summed E-state index contributed by atoms with van der Waals surface area (Å²) in [5, 5.41) is 2.94. The topological polar surface area (TPSA) is 84.2 Å². The smallest absolute Gasteiger partial charge is 0.318 e. The molecule has 0 saturated carbocycles. The minimum Gasteiger partial charge on any atom is -0.464 e. The summed E-state index contributed by atoms with van der Waals surface area (Å²) in [6.45, 7) is 12.2. The molecule has 0 bridgehead atoms. The Morgan fingerprint density at radius 1 is 1.06 bits per heavy atom. The summed E-state index contributed by atoms with van der Waals surface area (Å²) >= 11 is 0. The molecule has 32 heavy (non-hydrogen) atoms. The molecule has 2 heterocycles. The van der Waals surface area contributed by atoms with E-state index in [9.17, 15) is 9.59 Å². The maximum absolute atomic E-state index is 13.4. The molecule has 0 atom stereocenters. The molecule has 1 aromatic heterocycles. The van der Waals surface area contributed by atoms with E-state index in [1.54, 1.807) is 9.80 Å². The van der Waals surface area contributed by atoms with Gasteiger partial charge in [-0.05, 0) is 71.4 Å². The third kappa shape index (κ3) is 6.18. The van der Waals surface area contributed by atoms with Crippen molar-refractivity contribution in [2.24, 2.45) is 0 Å². The van der Waals surface area contributed by atoms with Crippen LogP contribution in [0.15, 0.2) is 34.7 Å². The van der Waals surface area contributed by atoms with Crippen LogP contribution in [0.5, 0.6) is 11.5 Å². The Morgan fingerprint density at radius 2 is 1.78 bits per heavy atom. The first kappa shape index (κ1) is 23.5. The van der Waals surface area contributed by atoms with Crippen LogP contribution in [0.25, 0.3) is 0 Å². The van der Waals surface area contributed by atoms with E-state index in [4.69, 9.17) is 13.9 Å². The fourth-order valence-electron chi connectivity index (χ4n) is 3.38. The van der Waals surface area contributed by atoms with Gasteiger partial charge in [0, 0.05) is 18.1 Å². The Hall–Kier alpha value is -3.16. The standard InChI is InChI=1S/C24H33N3O5/c1-16(2)27(23(29)25-24(4,5)6)14-22(28)26(13-19-9-7-17(3)32-19)12-18-8-10-20-21(11-18)31-15-30-20/h7-11,16H,12-15H2,1-6H3,(H,25,29). The van der Waals surface area contributed by atoms with E-state index in [0.717, 1.165) is 11.3 Å². The third-order valence-corrected chi connectivity index (χ3v) is 4.98. The number of nitrogens with zero attached hydrogens (tertiary/aromatic N) is 2. The lowest BCUT2D eigenvalue weighted by Gasteiger charge is -2.32. The van der Waals surface area contributed by atoms with Gasteiger partial charge < -0.3 is 29.0 Å². The first-order valence-corrected chi connectivity index (χ1v) is 10.8. The normalized spacial score (nSPS) is 12.7. The highest BCUT2D eigenvalue weighted by atomic mass is 16.7. The van der Waals surface area contributed by atoms with Gasteiger partial charge in [0.15, 0.2) is 11.5 Å². The van der Waals surface area contributed by atoms with Gasteiger partial charge in [0.1, 0.15) is 18.1 Å². The Bertz CT molecular complexity index is 961. The van der Waals surface area contributed by atoms with Gasteiger partial charge >= 0.3 is 6.03 Å². The van der Waals surface area contributed by atoms with Gasteiger partial charge in [0.25, 0.3) is 0 Å². The second kappa shape index (κ2) is 9.54. The molecule has 0 radical (unpaired) electrons. The number of furan rings is 1. The summed E-state index contributed by atoms with van der Waals surface area (Å²) in [6, 6.07) is 8.96. The van der Waals surface area contributed by atoms with Crippen molar-refractivity contribution in [3.8, 4) is 11.5 Å². The highest BCUT2D eigenvalue weighted by molar-refractivity contribution is 5.84. The quantitative estimate of drug-likeness (QED) is 0.698. The SMILES string of the molecule is Cc1ccc(CN(Cc2ccc3c(c2)OCO3)C(=O)CN(C(=O)NC(C)(C)C)C(C)C)o1. The van der Waals surface area contributed by atoms with Crippen LogP contribution in [0.3, 0.4) is 0 Å². The zero-order chi connectivity index (χ0) is 23.5. The number of ether oxygens (including phenoxy) is 2. The molecule has 174 valence electrons. The largest absolute Gasteiger partial charge is 0.464 e. The molecule has 3 amide bonds. The molecular formula is C24H33N3O5. The second-order valence-corrected chi connectivity index (χ2v) is 9.35. The zero-order valence-corrected chi connectivity index (χ0v) is 19.7. The summed E-state index contributed by atoms with van der Waals surface area (Å²) in [6.07, 6.45) is 0. The summed E-state index contributed by atoms with van der Waals surface area (Å²) in [5.41, 5.74) is 0.506. The molecule has 1 N–H and O–H groups in total.